The second-order valence-corrected chi connectivity index (χ2v) is 7.85. The zero-order valence-electron chi connectivity index (χ0n) is 14.9. The van der Waals surface area contributed by atoms with Crippen molar-refractivity contribution in [1.82, 2.24) is 19.7 Å². The van der Waals surface area contributed by atoms with Crippen molar-refractivity contribution in [2.45, 2.75) is 18.6 Å². The lowest BCUT2D eigenvalue weighted by atomic mass is 10.2. The molecule has 4 rings (SSSR count). The highest BCUT2D eigenvalue weighted by Gasteiger charge is 2.15. The van der Waals surface area contributed by atoms with Crippen molar-refractivity contribution >= 4 is 44.4 Å². The van der Waals surface area contributed by atoms with Gasteiger partial charge >= 0.3 is 0 Å². The topological polar surface area (TPSA) is 72.7 Å². The van der Waals surface area contributed by atoms with Gasteiger partial charge in [-0.2, -0.15) is 0 Å². The normalized spacial score (nSPS) is 11.1. The average molecular weight is 414 g/mol. The quantitative estimate of drug-likeness (QED) is 0.473. The molecule has 0 spiro atoms. The molecule has 0 bridgehead atoms. The van der Waals surface area contributed by atoms with E-state index in [1.807, 2.05) is 35.8 Å². The van der Waals surface area contributed by atoms with Crippen LogP contribution in [0.2, 0.25) is 0 Å². The number of carbonyl (C=O) groups excluding carboxylic acids is 1. The average Bonchev–Trinajstić information content (AvgIpc) is 3.29. The Bertz CT molecular complexity index is 1090. The van der Waals surface area contributed by atoms with Gasteiger partial charge in [-0.25, -0.2) is 9.37 Å². The summed E-state index contributed by atoms with van der Waals surface area (Å²) in [5.41, 5.74) is 1.65. The van der Waals surface area contributed by atoms with Crippen LogP contribution in [0.25, 0.3) is 21.6 Å². The third-order valence-corrected chi connectivity index (χ3v) is 5.93. The number of halogens is 1. The number of thiazole rings is 1. The molecule has 1 N–H and O–H groups in total. The molecule has 28 heavy (non-hydrogen) atoms. The number of nitrogens with zero attached hydrogens (tertiary/aromatic N) is 4. The van der Waals surface area contributed by atoms with E-state index in [0.717, 1.165) is 15.8 Å². The summed E-state index contributed by atoms with van der Waals surface area (Å²) in [5.74, 6) is 0.388. The first kappa shape index (κ1) is 18.6. The number of anilines is 1. The number of amides is 1. The van der Waals surface area contributed by atoms with E-state index in [-0.39, 0.29) is 17.5 Å². The molecule has 0 unspecified atom stereocenters. The minimum atomic E-state index is -0.299. The van der Waals surface area contributed by atoms with Gasteiger partial charge in [0.15, 0.2) is 16.1 Å². The third kappa shape index (κ3) is 3.90. The molecule has 0 atom stereocenters. The van der Waals surface area contributed by atoms with Gasteiger partial charge in [0.2, 0.25) is 5.91 Å². The van der Waals surface area contributed by atoms with Gasteiger partial charge in [0.1, 0.15) is 5.82 Å². The molecule has 9 heteroatoms. The van der Waals surface area contributed by atoms with E-state index in [1.165, 1.54) is 35.2 Å². The van der Waals surface area contributed by atoms with Gasteiger partial charge in [0.05, 0.1) is 16.0 Å². The number of aromatic nitrogens is 4. The second kappa shape index (κ2) is 8.07. The van der Waals surface area contributed by atoms with Crippen LogP contribution in [0.1, 0.15) is 6.92 Å². The second-order valence-electron chi connectivity index (χ2n) is 5.88. The molecule has 142 valence electrons. The number of hydrogen-bond donors (Lipinski definition) is 1. The minimum Gasteiger partial charge on any atom is -0.302 e. The van der Waals surface area contributed by atoms with E-state index in [1.54, 1.807) is 12.1 Å². The molecular formula is C19H16FN5OS2. The molecule has 0 fully saturated rings. The lowest BCUT2D eigenvalue weighted by molar-refractivity contribution is -0.113. The van der Waals surface area contributed by atoms with Crippen LogP contribution in [-0.2, 0) is 11.3 Å². The summed E-state index contributed by atoms with van der Waals surface area (Å²) < 4.78 is 16.1. The largest absolute Gasteiger partial charge is 0.302 e. The maximum absolute atomic E-state index is 13.2. The molecule has 0 aliphatic carbocycles. The first-order valence-corrected chi connectivity index (χ1v) is 10.4. The highest BCUT2D eigenvalue weighted by molar-refractivity contribution is 7.99. The summed E-state index contributed by atoms with van der Waals surface area (Å²) in [6.45, 7) is 2.61. The Hall–Kier alpha value is -2.78. The van der Waals surface area contributed by atoms with Crippen LogP contribution in [0.4, 0.5) is 9.52 Å². The van der Waals surface area contributed by atoms with E-state index in [4.69, 9.17) is 0 Å². The monoisotopic (exact) mass is 413 g/mol. The fraction of sp³-hybridized carbons (Fsp3) is 0.158. The van der Waals surface area contributed by atoms with Crippen LogP contribution < -0.4 is 5.32 Å². The summed E-state index contributed by atoms with van der Waals surface area (Å²) >= 11 is 2.75. The van der Waals surface area contributed by atoms with E-state index >= 15 is 0 Å². The van der Waals surface area contributed by atoms with Crippen LogP contribution in [0.15, 0.2) is 53.7 Å². The number of benzene rings is 2. The van der Waals surface area contributed by atoms with E-state index in [9.17, 15) is 9.18 Å². The number of carbonyl (C=O) groups is 1. The summed E-state index contributed by atoms with van der Waals surface area (Å²) in [6.07, 6.45) is 0. The predicted molar refractivity (Wildman–Crippen MR) is 110 cm³/mol. The maximum atomic E-state index is 13.2. The van der Waals surface area contributed by atoms with Gasteiger partial charge in [-0.3, -0.25) is 4.79 Å². The van der Waals surface area contributed by atoms with Gasteiger partial charge in [-0.1, -0.05) is 35.2 Å². The molecule has 2 heterocycles. The Morgan fingerprint density at radius 3 is 2.71 bits per heavy atom. The molecule has 1 amide bonds. The summed E-state index contributed by atoms with van der Waals surface area (Å²) in [4.78, 5) is 16.7. The van der Waals surface area contributed by atoms with Gasteiger partial charge in [0, 0.05) is 12.1 Å². The Labute approximate surface area is 168 Å². The van der Waals surface area contributed by atoms with Crippen LogP contribution in [-0.4, -0.2) is 31.4 Å². The lowest BCUT2D eigenvalue weighted by Crippen LogP contribution is -2.14. The first-order chi connectivity index (χ1) is 13.6. The Morgan fingerprint density at radius 2 is 1.96 bits per heavy atom. The molecule has 4 aromatic rings. The predicted octanol–water partition coefficient (Wildman–Crippen LogP) is 4.44. The minimum absolute atomic E-state index is 0.155. The highest BCUT2D eigenvalue weighted by atomic mass is 32.2. The van der Waals surface area contributed by atoms with Crippen molar-refractivity contribution in [2.75, 3.05) is 11.1 Å². The van der Waals surface area contributed by atoms with Crippen LogP contribution in [0, 0.1) is 5.82 Å². The number of para-hydroxylation sites is 1. The Balaban J connectivity index is 1.44. The molecule has 0 aliphatic heterocycles. The van der Waals surface area contributed by atoms with Gasteiger partial charge in [-0.05, 0) is 43.3 Å². The number of fused-ring (bicyclic) bond motifs is 1. The van der Waals surface area contributed by atoms with E-state index in [2.05, 4.69) is 20.5 Å². The molecule has 0 aliphatic rings. The summed E-state index contributed by atoms with van der Waals surface area (Å²) in [6, 6.07) is 13.9. The first-order valence-electron chi connectivity index (χ1n) is 8.61. The fourth-order valence-electron chi connectivity index (χ4n) is 2.70. The fourth-order valence-corrected chi connectivity index (χ4v) is 4.39. The van der Waals surface area contributed by atoms with E-state index < -0.39 is 0 Å². The van der Waals surface area contributed by atoms with Gasteiger partial charge in [-0.15, -0.1) is 10.2 Å². The van der Waals surface area contributed by atoms with Crippen LogP contribution in [0.5, 0.6) is 0 Å². The van der Waals surface area contributed by atoms with Crippen molar-refractivity contribution in [3.63, 3.8) is 0 Å². The molecule has 2 aromatic carbocycles. The zero-order valence-corrected chi connectivity index (χ0v) is 16.6. The number of thioether (sulfide) groups is 1. The Morgan fingerprint density at radius 1 is 1.18 bits per heavy atom. The van der Waals surface area contributed by atoms with Crippen molar-refractivity contribution in [1.29, 1.82) is 0 Å². The van der Waals surface area contributed by atoms with Crippen molar-refractivity contribution in [3.05, 3.63) is 54.3 Å². The van der Waals surface area contributed by atoms with Crippen LogP contribution in [0.3, 0.4) is 0 Å². The van der Waals surface area contributed by atoms with Crippen molar-refractivity contribution < 1.29 is 9.18 Å². The van der Waals surface area contributed by atoms with Gasteiger partial charge < -0.3 is 9.88 Å². The van der Waals surface area contributed by atoms with E-state index in [0.29, 0.717) is 22.7 Å². The van der Waals surface area contributed by atoms with Crippen molar-refractivity contribution in [3.8, 4) is 11.4 Å². The van der Waals surface area contributed by atoms with Crippen molar-refractivity contribution in [2.24, 2.45) is 0 Å². The summed E-state index contributed by atoms with van der Waals surface area (Å²) in [5, 5.41) is 12.4. The number of hydrogen-bond acceptors (Lipinski definition) is 6. The molecule has 0 saturated heterocycles. The summed E-state index contributed by atoms with van der Waals surface area (Å²) in [7, 11) is 0. The molecule has 0 saturated carbocycles. The Kier molecular flexibility index (Phi) is 5.36. The smallest absolute Gasteiger partial charge is 0.236 e. The molecule has 6 nitrogen and oxygen atoms in total. The number of rotatable bonds is 6. The molecule has 0 radical (unpaired) electrons. The van der Waals surface area contributed by atoms with Gasteiger partial charge in [0.25, 0.3) is 0 Å². The SMILES string of the molecule is CCn1c(SCC(=O)Nc2nc3ccccc3s2)nnc1-c1ccc(F)cc1. The van der Waals surface area contributed by atoms with Crippen LogP contribution >= 0.6 is 23.1 Å². The molecular weight excluding hydrogens is 397 g/mol. The molecule has 2 aromatic heterocycles. The standard InChI is InChI=1S/C19H16FN5OS2/c1-2-25-17(12-7-9-13(20)10-8-12)23-24-19(25)27-11-16(26)22-18-21-14-5-3-4-6-15(14)28-18/h3-10H,2,11H2,1H3,(H,21,22,26). The highest BCUT2D eigenvalue weighted by Crippen LogP contribution is 2.27. The zero-order chi connectivity index (χ0) is 19.5. The lowest BCUT2D eigenvalue weighted by Gasteiger charge is -2.07. The third-order valence-electron chi connectivity index (χ3n) is 4.01. The maximum Gasteiger partial charge on any atom is 0.236 e. The number of nitrogens with one attached hydrogen (secondary N) is 1.